The molecule has 0 radical (unpaired) electrons. The van der Waals surface area contributed by atoms with Crippen molar-refractivity contribution in [2.75, 3.05) is 18.0 Å². The van der Waals surface area contributed by atoms with E-state index in [4.69, 9.17) is 11.6 Å². The standard InChI is InChI=1S/C32H32ClN5O2/c1-3-16-34-22(2)30-27(21-36-32(40)23-12-15-29(35-20-23)37-17-8-5-9-18-37)31(39)26-14-13-24(33)19-28(26)38(30)25-10-6-4-7-11-25/h3-4,6-7,10-16,19-20H,5,8-9,17-18,21H2,1-2H3,(H,36,40)/b16-3-,34-22?. The Labute approximate surface area is 238 Å². The van der Waals surface area contributed by atoms with E-state index in [1.807, 2.05) is 60.9 Å². The highest BCUT2D eigenvalue weighted by Gasteiger charge is 2.21. The van der Waals surface area contributed by atoms with Crippen LogP contribution in [0.5, 0.6) is 0 Å². The lowest BCUT2D eigenvalue weighted by molar-refractivity contribution is 0.0950. The quantitative estimate of drug-likeness (QED) is 0.272. The van der Waals surface area contributed by atoms with Crippen molar-refractivity contribution in [3.63, 3.8) is 0 Å². The first kappa shape index (κ1) is 27.3. The average Bonchev–Trinajstić information content (AvgIpc) is 3.00. The number of para-hydroxylation sites is 1. The third-order valence-corrected chi connectivity index (χ3v) is 7.35. The molecule has 4 aromatic rings. The van der Waals surface area contributed by atoms with Crippen LogP contribution in [0, 0.1) is 0 Å². The summed E-state index contributed by atoms with van der Waals surface area (Å²) in [5.74, 6) is 0.585. The summed E-state index contributed by atoms with van der Waals surface area (Å²) >= 11 is 6.39. The summed E-state index contributed by atoms with van der Waals surface area (Å²) in [6.07, 6.45) is 8.67. The molecule has 1 saturated heterocycles. The number of fused-ring (bicyclic) bond motifs is 1. The smallest absolute Gasteiger partial charge is 0.253 e. The van der Waals surface area contributed by atoms with Crippen LogP contribution in [0.1, 0.15) is 54.7 Å². The van der Waals surface area contributed by atoms with E-state index in [1.165, 1.54) is 6.42 Å². The normalized spacial score (nSPS) is 14.2. The van der Waals surface area contributed by atoms with Gasteiger partial charge in [0.2, 0.25) is 0 Å². The summed E-state index contributed by atoms with van der Waals surface area (Å²) in [4.78, 5) is 38.5. The van der Waals surface area contributed by atoms with Gasteiger partial charge >= 0.3 is 0 Å². The number of aliphatic imine (C=N–C) groups is 1. The number of hydrogen-bond donors (Lipinski definition) is 1. The van der Waals surface area contributed by atoms with Crippen molar-refractivity contribution in [1.29, 1.82) is 0 Å². The van der Waals surface area contributed by atoms with Gasteiger partial charge in [0.05, 0.1) is 22.5 Å². The predicted molar refractivity (Wildman–Crippen MR) is 163 cm³/mol. The van der Waals surface area contributed by atoms with E-state index >= 15 is 0 Å². The molecule has 1 N–H and O–H groups in total. The maximum atomic E-state index is 13.9. The number of allylic oxidation sites excluding steroid dienone is 1. The van der Waals surface area contributed by atoms with E-state index in [-0.39, 0.29) is 17.9 Å². The lowest BCUT2D eigenvalue weighted by Gasteiger charge is -2.27. The van der Waals surface area contributed by atoms with Crippen LogP contribution >= 0.6 is 11.6 Å². The molecule has 1 aliphatic rings. The van der Waals surface area contributed by atoms with Gasteiger partial charge in [0.25, 0.3) is 5.91 Å². The summed E-state index contributed by atoms with van der Waals surface area (Å²) in [5.41, 5.74) is 3.47. The van der Waals surface area contributed by atoms with Crippen molar-refractivity contribution in [1.82, 2.24) is 14.9 Å². The number of halogens is 1. The van der Waals surface area contributed by atoms with Gasteiger partial charge in [-0.15, -0.1) is 0 Å². The Kier molecular flexibility index (Phi) is 8.41. The Morgan fingerprint density at radius 1 is 1.07 bits per heavy atom. The van der Waals surface area contributed by atoms with Crippen LogP contribution in [0.25, 0.3) is 16.6 Å². The van der Waals surface area contributed by atoms with Gasteiger partial charge < -0.3 is 14.8 Å². The highest BCUT2D eigenvalue weighted by Crippen LogP contribution is 2.26. The molecular weight excluding hydrogens is 522 g/mol. The minimum Gasteiger partial charge on any atom is -0.357 e. The van der Waals surface area contributed by atoms with Crippen LogP contribution in [0.4, 0.5) is 5.82 Å². The Hall–Kier alpha value is -4.23. The Morgan fingerprint density at radius 3 is 2.55 bits per heavy atom. The minimum absolute atomic E-state index is 0.0228. The summed E-state index contributed by atoms with van der Waals surface area (Å²) < 4.78 is 1.99. The average molecular weight is 554 g/mol. The van der Waals surface area contributed by atoms with Crippen molar-refractivity contribution >= 4 is 39.9 Å². The number of hydrogen-bond acceptors (Lipinski definition) is 5. The molecule has 3 heterocycles. The zero-order chi connectivity index (χ0) is 28.1. The van der Waals surface area contributed by atoms with E-state index in [0.717, 1.165) is 37.4 Å². The largest absolute Gasteiger partial charge is 0.357 e. The fourth-order valence-corrected chi connectivity index (χ4v) is 5.31. The molecule has 0 aliphatic carbocycles. The molecule has 0 spiro atoms. The molecule has 0 unspecified atom stereocenters. The molecule has 7 nitrogen and oxygen atoms in total. The van der Waals surface area contributed by atoms with Crippen LogP contribution in [0.3, 0.4) is 0 Å². The first-order valence-electron chi connectivity index (χ1n) is 13.6. The molecule has 0 bridgehead atoms. The number of carbonyl (C=O) groups is 1. The molecular formula is C32H32ClN5O2. The predicted octanol–water partition coefficient (Wildman–Crippen LogP) is 6.30. The van der Waals surface area contributed by atoms with Crippen LogP contribution in [0.2, 0.25) is 5.02 Å². The zero-order valence-electron chi connectivity index (χ0n) is 22.7. The number of pyridine rings is 2. The van der Waals surface area contributed by atoms with Gasteiger partial charge in [-0.2, -0.15) is 0 Å². The van der Waals surface area contributed by atoms with Gasteiger partial charge in [0.1, 0.15) is 5.82 Å². The minimum atomic E-state index is -0.298. The van der Waals surface area contributed by atoms with Gasteiger partial charge in [-0.05, 0) is 75.6 Å². The monoisotopic (exact) mass is 553 g/mol. The SMILES string of the molecule is C/C=C\N=C(C)c1c(CNC(=O)c2ccc(N3CCCCC3)nc2)c(=O)c2ccc(Cl)cc2n1-c1ccccc1. The fourth-order valence-electron chi connectivity index (χ4n) is 5.15. The second kappa shape index (κ2) is 12.3. The van der Waals surface area contributed by atoms with Crippen molar-refractivity contribution in [2.24, 2.45) is 4.99 Å². The van der Waals surface area contributed by atoms with Crippen molar-refractivity contribution in [3.8, 4) is 5.69 Å². The second-order valence-electron chi connectivity index (χ2n) is 9.82. The summed E-state index contributed by atoms with van der Waals surface area (Å²) in [7, 11) is 0. The summed E-state index contributed by atoms with van der Waals surface area (Å²) in [6, 6.07) is 18.7. The molecule has 40 heavy (non-hydrogen) atoms. The van der Waals surface area contributed by atoms with Crippen molar-refractivity contribution in [3.05, 3.63) is 111 Å². The lowest BCUT2D eigenvalue weighted by Crippen LogP contribution is -2.31. The van der Waals surface area contributed by atoms with Gasteiger partial charge in [-0.3, -0.25) is 14.6 Å². The van der Waals surface area contributed by atoms with Crippen molar-refractivity contribution in [2.45, 2.75) is 39.7 Å². The van der Waals surface area contributed by atoms with E-state index in [1.54, 1.807) is 36.7 Å². The Bertz CT molecular complexity index is 1640. The van der Waals surface area contributed by atoms with Gasteiger partial charge in [0.15, 0.2) is 5.43 Å². The Morgan fingerprint density at radius 2 is 1.85 bits per heavy atom. The molecule has 1 aliphatic heterocycles. The number of carbonyl (C=O) groups excluding carboxylic acids is 1. The number of nitrogens with zero attached hydrogens (tertiary/aromatic N) is 4. The maximum Gasteiger partial charge on any atom is 0.253 e. The van der Waals surface area contributed by atoms with Gasteiger partial charge in [0, 0.05) is 53.7 Å². The van der Waals surface area contributed by atoms with Crippen molar-refractivity contribution < 1.29 is 4.79 Å². The van der Waals surface area contributed by atoms with Gasteiger partial charge in [-0.25, -0.2) is 4.98 Å². The highest BCUT2D eigenvalue weighted by atomic mass is 35.5. The third kappa shape index (κ3) is 5.70. The molecule has 0 saturated carbocycles. The molecule has 204 valence electrons. The molecule has 0 atom stereocenters. The van der Waals surface area contributed by atoms with E-state index in [9.17, 15) is 9.59 Å². The Balaban J connectivity index is 1.56. The molecule has 1 fully saturated rings. The fraction of sp³-hybridized carbons (Fsp3) is 0.250. The van der Waals surface area contributed by atoms with E-state index < -0.39 is 0 Å². The van der Waals surface area contributed by atoms with Crippen LogP contribution in [-0.4, -0.2) is 34.3 Å². The summed E-state index contributed by atoms with van der Waals surface area (Å²) in [5, 5.41) is 3.98. The number of rotatable bonds is 7. The zero-order valence-corrected chi connectivity index (χ0v) is 23.5. The van der Waals surface area contributed by atoms with Gasteiger partial charge in [-0.1, -0.05) is 35.9 Å². The van der Waals surface area contributed by atoms with Crippen LogP contribution < -0.4 is 15.6 Å². The van der Waals surface area contributed by atoms with Crippen LogP contribution in [0.15, 0.2) is 88.9 Å². The maximum absolute atomic E-state index is 13.9. The third-order valence-electron chi connectivity index (χ3n) is 7.12. The number of benzene rings is 2. The van der Waals surface area contributed by atoms with Crippen LogP contribution in [-0.2, 0) is 6.54 Å². The van der Waals surface area contributed by atoms with E-state index in [2.05, 4.69) is 20.2 Å². The first-order chi connectivity index (χ1) is 19.5. The number of amides is 1. The number of piperidine rings is 1. The molecule has 1 amide bonds. The molecule has 2 aromatic heterocycles. The number of anilines is 1. The highest BCUT2D eigenvalue weighted by molar-refractivity contribution is 6.31. The lowest BCUT2D eigenvalue weighted by atomic mass is 10.0. The second-order valence-corrected chi connectivity index (χ2v) is 10.3. The number of aromatic nitrogens is 2. The van der Waals surface area contributed by atoms with E-state index in [0.29, 0.717) is 38.5 Å². The number of nitrogens with one attached hydrogen (secondary N) is 1. The molecule has 8 heteroatoms. The molecule has 2 aromatic carbocycles. The first-order valence-corrected chi connectivity index (χ1v) is 13.9. The molecule has 5 rings (SSSR count). The topological polar surface area (TPSA) is 79.6 Å². The summed E-state index contributed by atoms with van der Waals surface area (Å²) in [6.45, 7) is 5.73.